The highest BCUT2D eigenvalue weighted by Crippen LogP contribution is 2.35. The summed E-state index contributed by atoms with van der Waals surface area (Å²) < 4.78 is 0. The van der Waals surface area contributed by atoms with Crippen LogP contribution >= 0.6 is 0 Å². The highest BCUT2D eigenvalue weighted by atomic mass is 16.2. The molecule has 0 atom stereocenters. The molecule has 0 spiro atoms. The third-order valence-corrected chi connectivity index (χ3v) is 2.63. The minimum absolute atomic E-state index is 0. The van der Waals surface area contributed by atoms with Crippen molar-refractivity contribution in [3.63, 3.8) is 0 Å². The average Bonchev–Trinajstić information content (AvgIpc) is 2.52. The van der Waals surface area contributed by atoms with E-state index >= 15 is 0 Å². The van der Waals surface area contributed by atoms with Gasteiger partial charge < -0.3 is 5.32 Å². The van der Waals surface area contributed by atoms with Gasteiger partial charge in [-0.15, -0.1) is 0 Å². The summed E-state index contributed by atoms with van der Waals surface area (Å²) in [6.45, 7) is 9.75. The van der Waals surface area contributed by atoms with Crippen LogP contribution in [0.4, 0.5) is 5.82 Å². The zero-order valence-corrected chi connectivity index (χ0v) is 10.6. The molecule has 2 rings (SSSR count). The Kier molecular flexibility index (Phi) is 3.62. The van der Waals surface area contributed by atoms with Crippen molar-refractivity contribution < 1.29 is 6.22 Å². The molecule has 0 aliphatic carbocycles. The molecule has 4 heteroatoms. The van der Waals surface area contributed by atoms with Gasteiger partial charge in [0.25, 0.3) is 0 Å². The van der Waals surface area contributed by atoms with Crippen molar-refractivity contribution in [1.82, 2.24) is 9.97 Å². The maximum Gasteiger partial charge on any atom is 0.235 e. The van der Waals surface area contributed by atoms with Crippen molar-refractivity contribution in [3.8, 4) is 0 Å². The molecule has 1 amide bonds. The minimum Gasteiger partial charge on any atom is -0.310 e. The van der Waals surface area contributed by atoms with E-state index in [1.807, 2.05) is 34.6 Å². The van der Waals surface area contributed by atoms with Crippen LogP contribution in [0, 0.1) is 0 Å². The second-order valence-electron chi connectivity index (χ2n) is 3.98. The fraction of sp³-hybridized carbons (Fsp3) is 0.583. The monoisotopic (exact) mass is 223 g/mol. The Bertz CT molecular complexity index is 405. The summed E-state index contributed by atoms with van der Waals surface area (Å²) >= 11 is 0. The Balaban J connectivity index is 0.000000811. The van der Waals surface area contributed by atoms with E-state index in [1.54, 1.807) is 6.20 Å². The Labute approximate surface area is 98.0 Å². The molecule has 0 saturated carbocycles. The fourth-order valence-corrected chi connectivity index (χ4v) is 1.53. The van der Waals surface area contributed by atoms with Crippen LogP contribution in [0.25, 0.3) is 0 Å². The van der Waals surface area contributed by atoms with Crippen molar-refractivity contribution >= 4 is 11.7 Å². The summed E-state index contributed by atoms with van der Waals surface area (Å²) in [5.74, 6) is 1.43. The summed E-state index contributed by atoms with van der Waals surface area (Å²) in [6.07, 6.45) is 2.53. The van der Waals surface area contributed by atoms with Gasteiger partial charge in [0.1, 0.15) is 11.6 Å². The maximum absolute atomic E-state index is 11.6. The first kappa shape index (κ1) is 12.6. The van der Waals surface area contributed by atoms with Crippen LogP contribution in [0.1, 0.15) is 47.4 Å². The molecular formula is C12H21N3O. The van der Waals surface area contributed by atoms with E-state index in [1.165, 1.54) is 0 Å². The quantitative estimate of drug-likeness (QED) is 0.796. The zero-order chi connectivity index (χ0) is 12.3. The zero-order valence-electron chi connectivity index (χ0n) is 10.6. The second-order valence-corrected chi connectivity index (χ2v) is 3.98. The second kappa shape index (κ2) is 4.60. The Morgan fingerprint density at radius 3 is 2.62 bits per heavy atom. The molecule has 90 valence electrons. The van der Waals surface area contributed by atoms with E-state index in [0.29, 0.717) is 5.82 Å². The van der Waals surface area contributed by atoms with E-state index in [9.17, 15) is 4.79 Å². The molecule has 0 aromatic carbocycles. The number of anilines is 1. The number of nitrogens with one attached hydrogen (secondary N) is 1. The topological polar surface area (TPSA) is 54.9 Å². The molecule has 1 aliphatic heterocycles. The lowest BCUT2D eigenvalue weighted by atomic mass is 9.88. The van der Waals surface area contributed by atoms with Crippen LogP contribution in [0.3, 0.4) is 0 Å². The summed E-state index contributed by atoms with van der Waals surface area (Å²) in [6, 6.07) is 0. The lowest BCUT2D eigenvalue weighted by Crippen LogP contribution is -2.26. The number of fused-ring (bicyclic) bond motifs is 1. The smallest absolute Gasteiger partial charge is 0.235 e. The van der Waals surface area contributed by atoms with E-state index in [4.69, 9.17) is 0 Å². The number of aromatic nitrogens is 2. The van der Waals surface area contributed by atoms with Crippen LogP contribution < -0.4 is 5.32 Å². The van der Waals surface area contributed by atoms with Gasteiger partial charge in [-0.05, 0) is 13.8 Å². The van der Waals surface area contributed by atoms with Crippen LogP contribution in [0.5, 0.6) is 0 Å². The normalized spacial score (nSPS) is 15.9. The molecule has 0 saturated heterocycles. The van der Waals surface area contributed by atoms with Crippen molar-refractivity contribution in [1.29, 1.82) is 0 Å². The summed E-state index contributed by atoms with van der Waals surface area (Å²) in [4.78, 5) is 20.0. The molecule has 0 bridgehead atoms. The largest absolute Gasteiger partial charge is 0.310 e. The standard InChI is InChI=1S/C10H13N3O.C2H6.H2/c1-4-7-11-5-6-8(12-7)13-9(14)10(6,2)3;1-2;/h5H,4H2,1-3H3,(H,11,12,13,14);1-2H3;1H. The van der Waals surface area contributed by atoms with Crippen molar-refractivity contribution in [2.24, 2.45) is 0 Å². The lowest BCUT2D eigenvalue weighted by Gasteiger charge is -2.13. The fourth-order valence-electron chi connectivity index (χ4n) is 1.53. The van der Waals surface area contributed by atoms with Gasteiger partial charge in [-0.3, -0.25) is 4.79 Å². The van der Waals surface area contributed by atoms with Crippen LogP contribution in [-0.4, -0.2) is 15.9 Å². The number of nitrogens with zero attached hydrogens (tertiary/aromatic N) is 2. The van der Waals surface area contributed by atoms with Gasteiger partial charge in [0.05, 0.1) is 5.41 Å². The molecule has 0 radical (unpaired) electrons. The summed E-state index contributed by atoms with van der Waals surface area (Å²) in [5.41, 5.74) is 0.390. The first-order valence-corrected chi connectivity index (χ1v) is 5.73. The average molecular weight is 223 g/mol. The molecule has 1 aromatic heterocycles. The summed E-state index contributed by atoms with van der Waals surface area (Å²) in [5, 5.41) is 2.77. The number of rotatable bonds is 1. The van der Waals surface area contributed by atoms with Gasteiger partial charge in [-0.1, -0.05) is 20.8 Å². The van der Waals surface area contributed by atoms with E-state index in [0.717, 1.165) is 17.8 Å². The summed E-state index contributed by atoms with van der Waals surface area (Å²) in [7, 11) is 0. The van der Waals surface area contributed by atoms with Crippen molar-refractivity contribution in [3.05, 3.63) is 17.6 Å². The number of carbonyl (C=O) groups is 1. The molecule has 2 heterocycles. The first-order valence-electron chi connectivity index (χ1n) is 5.73. The molecule has 4 nitrogen and oxygen atoms in total. The maximum atomic E-state index is 11.6. The molecule has 1 N–H and O–H groups in total. The first-order chi connectivity index (χ1) is 7.55. The highest BCUT2D eigenvalue weighted by molar-refractivity contribution is 6.04. The van der Waals surface area contributed by atoms with Crippen molar-refractivity contribution in [2.45, 2.75) is 46.5 Å². The van der Waals surface area contributed by atoms with Crippen LogP contribution in [0.2, 0.25) is 0 Å². The van der Waals surface area contributed by atoms with E-state index in [-0.39, 0.29) is 7.33 Å². The third kappa shape index (κ3) is 1.92. The predicted molar refractivity (Wildman–Crippen MR) is 66.5 cm³/mol. The molecule has 0 unspecified atom stereocenters. The number of hydrogen-bond acceptors (Lipinski definition) is 3. The Morgan fingerprint density at radius 1 is 1.44 bits per heavy atom. The van der Waals surface area contributed by atoms with Gasteiger partial charge in [0.2, 0.25) is 5.91 Å². The van der Waals surface area contributed by atoms with Gasteiger partial charge >= 0.3 is 0 Å². The SMILES string of the molecule is CC.CCc1ncc2c(n1)NC(=O)C2(C)C.[HH]. The Hall–Kier alpha value is -1.45. The number of amides is 1. The van der Waals surface area contributed by atoms with Crippen molar-refractivity contribution in [2.75, 3.05) is 5.32 Å². The number of carbonyl (C=O) groups excluding carboxylic acids is 1. The third-order valence-electron chi connectivity index (χ3n) is 2.63. The van der Waals surface area contributed by atoms with Crippen LogP contribution in [0.15, 0.2) is 6.20 Å². The van der Waals surface area contributed by atoms with Crippen LogP contribution in [-0.2, 0) is 16.6 Å². The van der Waals surface area contributed by atoms with Gasteiger partial charge in [-0.25, -0.2) is 9.97 Å². The molecule has 1 aliphatic rings. The number of aryl methyl sites for hydroxylation is 1. The van der Waals surface area contributed by atoms with Gasteiger partial charge in [0, 0.05) is 19.6 Å². The Morgan fingerprint density at radius 2 is 2.06 bits per heavy atom. The minimum atomic E-state index is -0.498. The van der Waals surface area contributed by atoms with E-state index < -0.39 is 5.41 Å². The number of hydrogen-bond donors (Lipinski definition) is 1. The molecule has 0 fully saturated rings. The van der Waals surface area contributed by atoms with Gasteiger partial charge in [-0.2, -0.15) is 0 Å². The predicted octanol–water partition coefficient (Wildman–Crippen LogP) is 2.54. The molecule has 16 heavy (non-hydrogen) atoms. The molecular weight excluding hydrogens is 202 g/mol. The molecule has 1 aromatic rings. The highest BCUT2D eigenvalue weighted by Gasteiger charge is 2.39. The lowest BCUT2D eigenvalue weighted by molar-refractivity contribution is -0.119. The van der Waals surface area contributed by atoms with Gasteiger partial charge in [0.15, 0.2) is 0 Å². The van der Waals surface area contributed by atoms with E-state index in [2.05, 4.69) is 15.3 Å².